The van der Waals surface area contributed by atoms with Crippen LogP contribution in [-0.2, 0) is 17.9 Å². The van der Waals surface area contributed by atoms with E-state index in [1.165, 1.54) is 36.4 Å². The number of hydrogen-bond donors (Lipinski definition) is 1. The number of fused-ring (bicyclic) bond motifs is 1. The summed E-state index contributed by atoms with van der Waals surface area (Å²) in [5.74, 6) is 0.966. The Morgan fingerprint density at radius 3 is 3.04 bits per heavy atom. The molecule has 1 atom stereocenters. The Hall–Kier alpha value is -1.66. The molecule has 4 rings (SSSR count). The van der Waals surface area contributed by atoms with Crippen LogP contribution in [0.2, 0.25) is 0 Å². The van der Waals surface area contributed by atoms with Gasteiger partial charge in [0.15, 0.2) is 0 Å². The van der Waals surface area contributed by atoms with Gasteiger partial charge >= 0.3 is 0 Å². The zero-order valence-corrected chi connectivity index (χ0v) is 14.7. The number of hydrogen-bond acceptors (Lipinski definition) is 4. The van der Waals surface area contributed by atoms with Crippen LogP contribution >= 0.6 is 11.3 Å². The third-order valence-electron chi connectivity index (χ3n) is 5.15. The Morgan fingerprint density at radius 2 is 2.29 bits per heavy atom. The van der Waals surface area contributed by atoms with Crippen molar-refractivity contribution in [1.82, 2.24) is 20.0 Å². The summed E-state index contributed by atoms with van der Waals surface area (Å²) in [5.41, 5.74) is 1.23. The fourth-order valence-electron chi connectivity index (χ4n) is 3.68. The maximum Gasteiger partial charge on any atom is 0.222 e. The summed E-state index contributed by atoms with van der Waals surface area (Å²) in [7, 11) is 0. The van der Waals surface area contributed by atoms with Crippen molar-refractivity contribution in [2.45, 2.75) is 44.8 Å². The van der Waals surface area contributed by atoms with Gasteiger partial charge in [-0.15, -0.1) is 11.3 Å². The van der Waals surface area contributed by atoms with Gasteiger partial charge < -0.3 is 5.32 Å². The van der Waals surface area contributed by atoms with E-state index in [4.69, 9.17) is 0 Å². The SMILES string of the molecule is O=C(C[C@H]1CN(CC2CCC2)Cc2ccnn21)NCc1cccs1. The van der Waals surface area contributed by atoms with Gasteiger partial charge in [0.05, 0.1) is 24.7 Å². The molecule has 3 heterocycles. The minimum atomic E-state index is 0.111. The topological polar surface area (TPSA) is 50.2 Å². The molecule has 128 valence electrons. The maximum atomic E-state index is 12.4. The normalized spacial score (nSPS) is 21.2. The summed E-state index contributed by atoms with van der Waals surface area (Å²) in [5, 5.41) is 9.54. The number of nitrogens with one attached hydrogen (secondary N) is 1. The highest BCUT2D eigenvalue weighted by Gasteiger charge is 2.29. The highest BCUT2D eigenvalue weighted by atomic mass is 32.1. The minimum absolute atomic E-state index is 0.111. The molecule has 1 amide bonds. The number of carbonyl (C=O) groups is 1. The van der Waals surface area contributed by atoms with Crippen LogP contribution in [0.15, 0.2) is 29.8 Å². The Bertz CT molecular complexity index is 677. The van der Waals surface area contributed by atoms with Crippen molar-refractivity contribution in [2.24, 2.45) is 5.92 Å². The molecule has 0 unspecified atom stereocenters. The van der Waals surface area contributed by atoms with Gasteiger partial charge in [-0.3, -0.25) is 14.4 Å². The van der Waals surface area contributed by atoms with Crippen molar-refractivity contribution >= 4 is 17.2 Å². The molecule has 0 spiro atoms. The fraction of sp³-hybridized carbons (Fsp3) is 0.556. The zero-order chi connectivity index (χ0) is 16.4. The lowest BCUT2D eigenvalue weighted by atomic mass is 9.85. The second-order valence-electron chi connectivity index (χ2n) is 6.97. The van der Waals surface area contributed by atoms with Gasteiger partial charge in [-0.2, -0.15) is 5.10 Å². The van der Waals surface area contributed by atoms with E-state index < -0.39 is 0 Å². The molecule has 1 aliphatic carbocycles. The molecule has 1 fully saturated rings. The molecule has 1 saturated carbocycles. The summed E-state index contributed by atoms with van der Waals surface area (Å²) in [6.07, 6.45) is 6.47. The van der Waals surface area contributed by atoms with E-state index >= 15 is 0 Å². The van der Waals surface area contributed by atoms with Crippen molar-refractivity contribution in [3.05, 3.63) is 40.3 Å². The zero-order valence-electron chi connectivity index (χ0n) is 13.9. The molecule has 2 aromatic rings. The molecule has 1 N–H and O–H groups in total. The summed E-state index contributed by atoms with van der Waals surface area (Å²) in [6.45, 7) is 3.68. The monoisotopic (exact) mass is 344 g/mol. The third kappa shape index (κ3) is 3.54. The van der Waals surface area contributed by atoms with E-state index in [1.807, 2.05) is 17.6 Å². The molecule has 0 radical (unpaired) electrons. The van der Waals surface area contributed by atoms with Crippen LogP contribution in [0.5, 0.6) is 0 Å². The number of rotatable bonds is 6. The van der Waals surface area contributed by atoms with Crippen molar-refractivity contribution in [2.75, 3.05) is 13.1 Å². The van der Waals surface area contributed by atoms with Gasteiger partial charge in [0.1, 0.15) is 0 Å². The van der Waals surface area contributed by atoms with Gasteiger partial charge in [-0.1, -0.05) is 12.5 Å². The molecule has 2 aliphatic rings. The molecule has 5 nitrogen and oxygen atoms in total. The predicted octanol–water partition coefficient (Wildman–Crippen LogP) is 2.81. The third-order valence-corrected chi connectivity index (χ3v) is 6.03. The van der Waals surface area contributed by atoms with E-state index in [0.29, 0.717) is 13.0 Å². The highest BCUT2D eigenvalue weighted by molar-refractivity contribution is 7.09. The van der Waals surface area contributed by atoms with Crippen LogP contribution in [0.25, 0.3) is 0 Å². The molecular formula is C18H24N4OS. The predicted molar refractivity (Wildman–Crippen MR) is 94.7 cm³/mol. The average Bonchev–Trinajstić information content (AvgIpc) is 3.20. The summed E-state index contributed by atoms with van der Waals surface area (Å²) in [6, 6.07) is 6.30. The van der Waals surface area contributed by atoms with E-state index in [-0.39, 0.29) is 11.9 Å². The van der Waals surface area contributed by atoms with Crippen LogP contribution in [0.4, 0.5) is 0 Å². The van der Waals surface area contributed by atoms with Crippen LogP contribution in [0, 0.1) is 5.92 Å². The van der Waals surface area contributed by atoms with Gasteiger partial charge in [0.25, 0.3) is 0 Å². The number of aromatic nitrogens is 2. The standard InChI is InChI=1S/C18H24N4OS/c23-18(19-10-17-5-2-8-24-17)9-16-13-21(11-14-3-1-4-14)12-15-6-7-20-22(15)16/h2,5-8,14,16H,1,3-4,9-13H2,(H,19,23)/t16-/m0/s1. The quantitative estimate of drug-likeness (QED) is 0.877. The molecular weight excluding hydrogens is 320 g/mol. The van der Waals surface area contributed by atoms with E-state index in [2.05, 4.69) is 32.1 Å². The van der Waals surface area contributed by atoms with Gasteiger partial charge in [-0.05, 0) is 36.3 Å². The van der Waals surface area contributed by atoms with E-state index in [9.17, 15) is 4.79 Å². The largest absolute Gasteiger partial charge is 0.351 e. The lowest BCUT2D eigenvalue weighted by molar-refractivity contribution is -0.122. The summed E-state index contributed by atoms with van der Waals surface area (Å²) < 4.78 is 2.06. The van der Waals surface area contributed by atoms with Crippen molar-refractivity contribution in [3.63, 3.8) is 0 Å². The highest BCUT2D eigenvalue weighted by Crippen LogP contribution is 2.30. The first-order valence-corrected chi connectivity index (χ1v) is 9.70. The van der Waals surface area contributed by atoms with Gasteiger partial charge in [-0.25, -0.2) is 0 Å². The number of carbonyl (C=O) groups excluding carboxylic acids is 1. The first kappa shape index (κ1) is 15.8. The molecule has 6 heteroatoms. The van der Waals surface area contributed by atoms with Gasteiger partial charge in [0.2, 0.25) is 5.91 Å². The minimum Gasteiger partial charge on any atom is -0.351 e. The molecule has 0 aromatic carbocycles. The van der Waals surface area contributed by atoms with Crippen LogP contribution in [0.3, 0.4) is 0 Å². The van der Waals surface area contributed by atoms with Crippen molar-refractivity contribution < 1.29 is 4.79 Å². The number of thiophene rings is 1. The smallest absolute Gasteiger partial charge is 0.222 e. The second kappa shape index (κ2) is 7.07. The maximum absolute atomic E-state index is 12.4. The summed E-state index contributed by atoms with van der Waals surface area (Å²) >= 11 is 1.68. The Labute approximate surface area is 146 Å². The van der Waals surface area contributed by atoms with Crippen LogP contribution in [0.1, 0.15) is 42.3 Å². The molecule has 0 saturated heterocycles. The second-order valence-corrected chi connectivity index (χ2v) is 8.00. The first-order valence-electron chi connectivity index (χ1n) is 8.82. The van der Waals surface area contributed by atoms with Crippen molar-refractivity contribution in [3.8, 4) is 0 Å². The van der Waals surface area contributed by atoms with Crippen molar-refractivity contribution in [1.29, 1.82) is 0 Å². The van der Waals surface area contributed by atoms with Crippen LogP contribution < -0.4 is 5.32 Å². The molecule has 2 aromatic heterocycles. The average molecular weight is 344 g/mol. The Morgan fingerprint density at radius 1 is 1.38 bits per heavy atom. The van der Waals surface area contributed by atoms with Gasteiger partial charge in [0, 0.05) is 30.7 Å². The molecule has 0 bridgehead atoms. The fourth-order valence-corrected chi connectivity index (χ4v) is 4.32. The Balaban J connectivity index is 1.36. The van der Waals surface area contributed by atoms with Crippen LogP contribution in [-0.4, -0.2) is 33.7 Å². The number of nitrogens with zero attached hydrogens (tertiary/aromatic N) is 3. The first-order chi connectivity index (χ1) is 11.8. The lowest BCUT2D eigenvalue weighted by Gasteiger charge is -2.38. The lowest BCUT2D eigenvalue weighted by Crippen LogP contribution is -2.42. The summed E-state index contributed by atoms with van der Waals surface area (Å²) in [4.78, 5) is 16.1. The Kier molecular flexibility index (Phi) is 4.67. The molecule has 24 heavy (non-hydrogen) atoms. The van der Waals surface area contributed by atoms with E-state index in [0.717, 1.165) is 19.0 Å². The van der Waals surface area contributed by atoms with E-state index in [1.54, 1.807) is 11.3 Å². The molecule has 1 aliphatic heterocycles. The number of amides is 1.